The molecule has 0 spiro atoms. The Morgan fingerprint density at radius 1 is 1.08 bits per heavy atom. The van der Waals surface area contributed by atoms with Crippen molar-refractivity contribution < 1.29 is 8.42 Å². The van der Waals surface area contributed by atoms with Gasteiger partial charge in [-0.1, -0.05) is 24.1 Å². The fourth-order valence-electron chi connectivity index (χ4n) is 4.66. The lowest BCUT2D eigenvalue weighted by atomic mass is 9.95. The topological polar surface area (TPSA) is 52.7 Å². The summed E-state index contributed by atoms with van der Waals surface area (Å²) in [5.74, 6) is 1.66. The molecule has 7 heteroatoms. The molecule has 4 rings (SSSR count). The second kappa shape index (κ2) is 7.09. The highest BCUT2D eigenvalue weighted by atomic mass is 32.2. The van der Waals surface area contributed by atoms with Gasteiger partial charge in [0.1, 0.15) is 0 Å². The molecule has 1 aliphatic heterocycles. The van der Waals surface area contributed by atoms with Gasteiger partial charge in [0.05, 0.1) is 4.90 Å². The molecule has 1 saturated heterocycles. The lowest BCUT2D eigenvalue weighted by molar-refractivity contribution is 0.258. The summed E-state index contributed by atoms with van der Waals surface area (Å²) in [7, 11) is -3.41. The third kappa shape index (κ3) is 3.49. The van der Waals surface area contributed by atoms with Gasteiger partial charge in [-0.3, -0.25) is 0 Å². The molecule has 1 N–H and O–H groups in total. The Hall–Kier alpha value is -1.18. The molecule has 3 fully saturated rings. The van der Waals surface area contributed by atoms with Gasteiger partial charge < -0.3 is 10.2 Å². The van der Waals surface area contributed by atoms with Crippen molar-refractivity contribution in [3.8, 4) is 0 Å². The van der Waals surface area contributed by atoms with Crippen LogP contribution in [0, 0.1) is 18.8 Å². The second-order valence-electron chi connectivity index (χ2n) is 7.94. The number of piperazine rings is 1. The molecule has 0 aromatic heterocycles. The molecule has 2 bridgehead atoms. The first-order chi connectivity index (χ1) is 12.4. The van der Waals surface area contributed by atoms with Crippen LogP contribution in [0.25, 0.3) is 0 Å². The normalized spacial score (nSPS) is 29.1. The molecule has 1 aromatic carbocycles. The molecular weight excluding hydrogens is 366 g/mol. The lowest BCUT2D eigenvalue weighted by Crippen LogP contribution is -2.54. The van der Waals surface area contributed by atoms with Gasteiger partial charge in [0.2, 0.25) is 10.0 Å². The van der Waals surface area contributed by atoms with Crippen LogP contribution in [0.2, 0.25) is 0 Å². The number of hydrogen-bond acceptors (Lipinski definition) is 3. The largest absolute Gasteiger partial charge is 0.360 e. The number of sulfonamides is 1. The van der Waals surface area contributed by atoms with Crippen LogP contribution in [-0.4, -0.2) is 55.0 Å². The standard InChI is InChI=1S/C19H27N3O2S2/c1-14-2-6-17(7-3-14)26(23,24)22-10-8-21(9-11-22)19(25)20-18-13-15-4-5-16(18)12-15/h2-3,6-7,15-16,18H,4-5,8-13H2,1H3,(H,20,25)/t15-,16-,18-/m0/s1. The van der Waals surface area contributed by atoms with E-state index in [0.717, 1.165) is 22.5 Å². The Kier molecular flexibility index (Phi) is 4.96. The number of thiocarbonyl (C=S) groups is 1. The SMILES string of the molecule is Cc1ccc(S(=O)(=O)N2CCN(C(=S)N[C@H]3C[C@H]4CC[C@H]3C4)CC2)cc1. The van der Waals surface area contributed by atoms with E-state index in [4.69, 9.17) is 12.2 Å². The minimum absolute atomic E-state index is 0.374. The molecule has 0 unspecified atom stereocenters. The van der Waals surface area contributed by atoms with E-state index >= 15 is 0 Å². The zero-order chi connectivity index (χ0) is 18.3. The Morgan fingerprint density at radius 3 is 2.35 bits per heavy atom. The minimum atomic E-state index is -3.41. The third-order valence-corrected chi connectivity index (χ3v) is 8.52. The average Bonchev–Trinajstić information content (AvgIpc) is 3.25. The van der Waals surface area contributed by atoms with Crippen LogP contribution in [-0.2, 0) is 10.0 Å². The molecule has 3 atom stereocenters. The predicted molar refractivity (Wildman–Crippen MR) is 106 cm³/mol. The fraction of sp³-hybridized carbons (Fsp3) is 0.632. The summed E-state index contributed by atoms with van der Waals surface area (Å²) in [6.07, 6.45) is 5.30. The van der Waals surface area contributed by atoms with Crippen LogP contribution < -0.4 is 5.32 Å². The Balaban J connectivity index is 1.33. The van der Waals surface area contributed by atoms with Gasteiger partial charge in [-0.15, -0.1) is 0 Å². The molecule has 26 heavy (non-hydrogen) atoms. The quantitative estimate of drug-likeness (QED) is 0.799. The van der Waals surface area contributed by atoms with Gasteiger partial charge >= 0.3 is 0 Å². The van der Waals surface area contributed by atoms with Gasteiger partial charge in [0.25, 0.3) is 0 Å². The lowest BCUT2D eigenvalue weighted by Gasteiger charge is -2.37. The predicted octanol–water partition coefficient (Wildman–Crippen LogP) is 2.36. The summed E-state index contributed by atoms with van der Waals surface area (Å²) in [5, 5.41) is 4.36. The summed E-state index contributed by atoms with van der Waals surface area (Å²) in [6, 6.07) is 7.60. The van der Waals surface area contributed by atoms with Gasteiger partial charge in [-0.2, -0.15) is 4.31 Å². The van der Waals surface area contributed by atoms with Crippen molar-refractivity contribution in [3.63, 3.8) is 0 Å². The zero-order valence-corrected chi connectivity index (χ0v) is 16.9. The third-order valence-electron chi connectivity index (χ3n) is 6.23. The maximum atomic E-state index is 12.8. The van der Waals surface area contributed by atoms with E-state index in [1.165, 1.54) is 25.7 Å². The Morgan fingerprint density at radius 2 is 1.77 bits per heavy atom. The molecular formula is C19H27N3O2S2. The highest BCUT2D eigenvalue weighted by Crippen LogP contribution is 2.44. The molecule has 0 amide bonds. The fourth-order valence-corrected chi connectivity index (χ4v) is 6.42. The highest BCUT2D eigenvalue weighted by molar-refractivity contribution is 7.89. The van der Waals surface area contributed by atoms with Crippen molar-refractivity contribution in [3.05, 3.63) is 29.8 Å². The van der Waals surface area contributed by atoms with Crippen molar-refractivity contribution in [1.29, 1.82) is 0 Å². The summed E-state index contributed by atoms with van der Waals surface area (Å²) in [5.41, 5.74) is 1.06. The Bertz CT molecular complexity index is 770. The molecule has 0 radical (unpaired) electrons. The van der Waals surface area contributed by atoms with Crippen LogP contribution in [0.4, 0.5) is 0 Å². The maximum absolute atomic E-state index is 12.8. The number of nitrogens with one attached hydrogen (secondary N) is 1. The van der Waals surface area contributed by atoms with Gasteiger partial charge in [0, 0.05) is 32.2 Å². The van der Waals surface area contributed by atoms with Crippen molar-refractivity contribution in [2.75, 3.05) is 26.2 Å². The first kappa shape index (κ1) is 18.2. The second-order valence-corrected chi connectivity index (χ2v) is 10.3. The van der Waals surface area contributed by atoms with Crippen molar-refractivity contribution in [2.45, 2.75) is 43.5 Å². The summed E-state index contributed by atoms with van der Waals surface area (Å²) >= 11 is 5.61. The van der Waals surface area contributed by atoms with Crippen molar-refractivity contribution in [2.24, 2.45) is 11.8 Å². The molecule has 5 nitrogen and oxygen atoms in total. The van der Waals surface area contributed by atoms with Crippen molar-refractivity contribution in [1.82, 2.24) is 14.5 Å². The molecule has 1 aromatic rings. The van der Waals surface area contributed by atoms with E-state index in [1.54, 1.807) is 16.4 Å². The summed E-state index contributed by atoms with van der Waals surface area (Å²) < 4.78 is 27.2. The number of fused-ring (bicyclic) bond motifs is 2. The van der Waals surface area contributed by atoms with Crippen LogP contribution in [0.15, 0.2) is 29.2 Å². The highest BCUT2D eigenvalue weighted by Gasteiger charge is 2.40. The molecule has 1 heterocycles. The minimum Gasteiger partial charge on any atom is -0.360 e. The molecule has 2 aliphatic carbocycles. The van der Waals surface area contributed by atoms with Gasteiger partial charge in [-0.25, -0.2) is 8.42 Å². The number of hydrogen-bond donors (Lipinski definition) is 1. The number of benzene rings is 1. The monoisotopic (exact) mass is 393 g/mol. The van der Waals surface area contributed by atoms with Crippen molar-refractivity contribution >= 4 is 27.4 Å². The van der Waals surface area contributed by atoms with E-state index in [9.17, 15) is 8.42 Å². The zero-order valence-electron chi connectivity index (χ0n) is 15.2. The number of rotatable bonds is 3. The molecule has 3 aliphatic rings. The number of aryl methyl sites for hydroxylation is 1. The van der Waals surface area contributed by atoms with Crippen LogP contribution in [0.5, 0.6) is 0 Å². The summed E-state index contributed by atoms with van der Waals surface area (Å²) in [6.45, 7) is 4.22. The first-order valence-corrected chi connectivity index (χ1v) is 11.4. The van der Waals surface area contributed by atoms with E-state index in [1.807, 2.05) is 19.1 Å². The van der Waals surface area contributed by atoms with Crippen LogP contribution >= 0.6 is 12.2 Å². The Labute approximate surface area is 161 Å². The van der Waals surface area contributed by atoms with E-state index in [2.05, 4.69) is 10.2 Å². The molecule has 2 saturated carbocycles. The first-order valence-electron chi connectivity index (χ1n) is 9.56. The maximum Gasteiger partial charge on any atom is 0.243 e. The number of nitrogens with zero attached hydrogens (tertiary/aromatic N) is 2. The smallest absolute Gasteiger partial charge is 0.243 e. The summed E-state index contributed by atoms with van der Waals surface area (Å²) in [4.78, 5) is 2.50. The van der Waals surface area contributed by atoms with Crippen LogP contribution in [0.1, 0.15) is 31.2 Å². The van der Waals surface area contributed by atoms with Gasteiger partial charge in [-0.05, 0) is 62.4 Å². The van der Waals surface area contributed by atoms with E-state index in [0.29, 0.717) is 37.1 Å². The van der Waals surface area contributed by atoms with E-state index in [-0.39, 0.29) is 0 Å². The van der Waals surface area contributed by atoms with Crippen LogP contribution in [0.3, 0.4) is 0 Å². The molecule has 142 valence electrons. The van der Waals surface area contributed by atoms with E-state index < -0.39 is 10.0 Å². The average molecular weight is 394 g/mol. The van der Waals surface area contributed by atoms with Gasteiger partial charge in [0.15, 0.2) is 5.11 Å².